The lowest BCUT2D eigenvalue weighted by Crippen LogP contribution is -2.11. The fourth-order valence-corrected chi connectivity index (χ4v) is 3.57. The highest BCUT2D eigenvalue weighted by Gasteiger charge is 2.12. The number of amides is 1. The van der Waals surface area contributed by atoms with Gasteiger partial charge in [0.1, 0.15) is 12.4 Å². The molecule has 0 aliphatic rings. The number of hydrogen-bond donors (Lipinski definition) is 1. The molecule has 2 aromatic carbocycles. The number of halogens is 1. The zero-order chi connectivity index (χ0) is 18.7. The van der Waals surface area contributed by atoms with E-state index in [0.29, 0.717) is 16.5 Å². The average molecular weight is 386 g/mol. The summed E-state index contributed by atoms with van der Waals surface area (Å²) in [6, 6.07) is 13.4. The first-order chi connectivity index (χ1) is 12.4. The van der Waals surface area contributed by atoms with Crippen LogP contribution in [-0.2, 0) is 6.61 Å². The number of benzene rings is 2. The Bertz CT molecular complexity index is 949. The van der Waals surface area contributed by atoms with Crippen molar-refractivity contribution in [3.63, 3.8) is 0 Å². The van der Waals surface area contributed by atoms with E-state index in [1.807, 2.05) is 43.5 Å². The van der Waals surface area contributed by atoms with Crippen LogP contribution in [-0.4, -0.2) is 5.91 Å². The lowest BCUT2D eigenvalue weighted by molar-refractivity contribution is 0.103. The quantitative estimate of drug-likeness (QED) is 0.571. The number of hydrogen-bond acceptors (Lipinski definition) is 3. The molecule has 1 N–H and O–H groups in total. The van der Waals surface area contributed by atoms with Crippen LogP contribution in [0.2, 0.25) is 5.02 Å². The number of rotatable bonds is 5. The van der Waals surface area contributed by atoms with Crippen molar-refractivity contribution in [2.24, 2.45) is 0 Å². The summed E-state index contributed by atoms with van der Waals surface area (Å²) in [7, 11) is 0. The van der Waals surface area contributed by atoms with Gasteiger partial charge in [0.2, 0.25) is 0 Å². The van der Waals surface area contributed by atoms with Gasteiger partial charge in [-0.05, 0) is 61.5 Å². The Labute approximate surface area is 162 Å². The van der Waals surface area contributed by atoms with Crippen molar-refractivity contribution < 1.29 is 9.53 Å². The molecule has 1 aromatic heterocycles. The summed E-state index contributed by atoms with van der Waals surface area (Å²) >= 11 is 7.41. The molecule has 0 saturated carbocycles. The topological polar surface area (TPSA) is 38.3 Å². The number of ether oxygens (including phenoxy) is 1. The van der Waals surface area contributed by atoms with Crippen LogP contribution in [0.25, 0.3) is 0 Å². The van der Waals surface area contributed by atoms with Gasteiger partial charge in [-0.25, -0.2) is 0 Å². The molecule has 0 radical (unpaired) electrons. The van der Waals surface area contributed by atoms with Gasteiger partial charge in [0, 0.05) is 16.3 Å². The summed E-state index contributed by atoms with van der Waals surface area (Å²) in [5.74, 6) is 0.723. The van der Waals surface area contributed by atoms with E-state index >= 15 is 0 Å². The van der Waals surface area contributed by atoms with Crippen LogP contribution < -0.4 is 10.1 Å². The van der Waals surface area contributed by atoms with E-state index in [9.17, 15) is 4.79 Å². The normalized spacial score (nSPS) is 10.6. The predicted molar refractivity (Wildman–Crippen MR) is 109 cm³/mol. The molecule has 3 nitrogen and oxygen atoms in total. The average Bonchev–Trinajstić information content (AvgIpc) is 3.06. The number of carbonyl (C=O) groups excluding carboxylic acids is 1. The highest BCUT2D eigenvalue weighted by Crippen LogP contribution is 2.24. The highest BCUT2D eigenvalue weighted by atomic mass is 35.5. The van der Waals surface area contributed by atoms with Crippen molar-refractivity contribution in [2.45, 2.75) is 27.4 Å². The molecule has 134 valence electrons. The molecule has 1 heterocycles. The number of aryl methyl sites for hydroxylation is 3. The van der Waals surface area contributed by atoms with E-state index in [0.717, 1.165) is 28.1 Å². The van der Waals surface area contributed by atoms with Crippen molar-refractivity contribution >= 4 is 34.5 Å². The van der Waals surface area contributed by atoms with Gasteiger partial charge >= 0.3 is 0 Å². The molecule has 0 spiro atoms. The molecule has 0 saturated heterocycles. The van der Waals surface area contributed by atoms with Gasteiger partial charge in [0.15, 0.2) is 0 Å². The summed E-state index contributed by atoms with van der Waals surface area (Å²) in [5, 5.41) is 5.46. The van der Waals surface area contributed by atoms with Crippen LogP contribution in [0.5, 0.6) is 5.75 Å². The van der Waals surface area contributed by atoms with Crippen LogP contribution in [0.1, 0.15) is 31.9 Å². The molecule has 0 fully saturated rings. The van der Waals surface area contributed by atoms with Gasteiger partial charge in [-0.3, -0.25) is 4.79 Å². The standard InChI is InChI=1S/C21H20ClNO2S/c1-13-4-7-19(15(3)8-13)25-11-16-9-20(26-12-16)21(24)23-18-10-17(22)6-5-14(18)2/h4-10,12H,11H2,1-3H3,(H,23,24). The molecule has 3 rings (SSSR count). The third-order valence-electron chi connectivity index (χ3n) is 4.05. The first-order valence-electron chi connectivity index (χ1n) is 8.27. The Hall–Kier alpha value is -2.30. The Morgan fingerprint density at radius 2 is 1.88 bits per heavy atom. The van der Waals surface area contributed by atoms with Crippen LogP contribution in [0.4, 0.5) is 5.69 Å². The molecular formula is C21H20ClNO2S. The van der Waals surface area contributed by atoms with Crippen molar-refractivity contribution in [3.8, 4) is 5.75 Å². The minimum Gasteiger partial charge on any atom is -0.489 e. The van der Waals surface area contributed by atoms with Gasteiger partial charge < -0.3 is 10.1 Å². The second-order valence-corrected chi connectivity index (χ2v) is 7.64. The number of anilines is 1. The van der Waals surface area contributed by atoms with E-state index in [1.165, 1.54) is 16.9 Å². The third kappa shape index (κ3) is 4.45. The SMILES string of the molecule is Cc1ccc(OCc2csc(C(=O)Nc3cc(Cl)ccc3C)c2)c(C)c1. The summed E-state index contributed by atoms with van der Waals surface area (Å²) in [6.07, 6.45) is 0. The maximum absolute atomic E-state index is 12.5. The zero-order valence-corrected chi connectivity index (χ0v) is 16.5. The second-order valence-electron chi connectivity index (χ2n) is 6.29. The predicted octanol–water partition coefficient (Wildman–Crippen LogP) is 6.16. The molecule has 0 aliphatic carbocycles. The molecule has 1 amide bonds. The summed E-state index contributed by atoms with van der Waals surface area (Å²) in [5.41, 5.74) is 4.99. The first-order valence-corrected chi connectivity index (χ1v) is 9.53. The third-order valence-corrected chi connectivity index (χ3v) is 5.26. The van der Waals surface area contributed by atoms with Gasteiger partial charge in [0.05, 0.1) is 4.88 Å². The lowest BCUT2D eigenvalue weighted by atomic mass is 10.1. The minimum atomic E-state index is -0.141. The molecule has 0 unspecified atom stereocenters. The zero-order valence-electron chi connectivity index (χ0n) is 14.9. The fourth-order valence-electron chi connectivity index (χ4n) is 2.61. The van der Waals surface area contributed by atoms with Crippen LogP contribution in [0.15, 0.2) is 47.8 Å². The maximum Gasteiger partial charge on any atom is 0.265 e. The molecule has 0 aliphatic heterocycles. The van der Waals surface area contributed by atoms with Crippen LogP contribution >= 0.6 is 22.9 Å². The second kappa shape index (κ2) is 7.94. The molecular weight excluding hydrogens is 366 g/mol. The molecule has 26 heavy (non-hydrogen) atoms. The first kappa shape index (κ1) is 18.5. The van der Waals surface area contributed by atoms with E-state index in [1.54, 1.807) is 12.1 Å². The Morgan fingerprint density at radius 3 is 2.65 bits per heavy atom. The Kier molecular flexibility index (Phi) is 5.64. The molecule has 0 atom stereocenters. The molecule has 5 heteroatoms. The smallest absolute Gasteiger partial charge is 0.265 e. The Morgan fingerprint density at radius 1 is 1.08 bits per heavy atom. The highest BCUT2D eigenvalue weighted by molar-refractivity contribution is 7.12. The summed E-state index contributed by atoms with van der Waals surface area (Å²) in [6.45, 7) is 6.46. The number of thiophene rings is 1. The van der Waals surface area contributed by atoms with Crippen LogP contribution in [0, 0.1) is 20.8 Å². The van der Waals surface area contributed by atoms with Crippen molar-refractivity contribution in [1.82, 2.24) is 0 Å². The van der Waals surface area contributed by atoms with Gasteiger partial charge in [-0.15, -0.1) is 11.3 Å². The Balaban J connectivity index is 1.65. The minimum absolute atomic E-state index is 0.141. The van der Waals surface area contributed by atoms with Gasteiger partial charge in [-0.2, -0.15) is 0 Å². The molecule has 3 aromatic rings. The van der Waals surface area contributed by atoms with Crippen molar-refractivity contribution in [3.05, 3.63) is 80.0 Å². The maximum atomic E-state index is 12.5. The monoisotopic (exact) mass is 385 g/mol. The largest absolute Gasteiger partial charge is 0.489 e. The lowest BCUT2D eigenvalue weighted by Gasteiger charge is -2.09. The van der Waals surface area contributed by atoms with Crippen LogP contribution in [0.3, 0.4) is 0 Å². The van der Waals surface area contributed by atoms with Gasteiger partial charge in [0.25, 0.3) is 5.91 Å². The van der Waals surface area contributed by atoms with Crippen molar-refractivity contribution in [2.75, 3.05) is 5.32 Å². The van der Waals surface area contributed by atoms with E-state index in [-0.39, 0.29) is 5.91 Å². The fraction of sp³-hybridized carbons (Fsp3) is 0.190. The summed E-state index contributed by atoms with van der Waals surface area (Å²) in [4.78, 5) is 13.1. The number of carbonyl (C=O) groups is 1. The summed E-state index contributed by atoms with van der Waals surface area (Å²) < 4.78 is 5.88. The van der Waals surface area contributed by atoms with E-state index < -0.39 is 0 Å². The van der Waals surface area contributed by atoms with Crippen molar-refractivity contribution in [1.29, 1.82) is 0 Å². The van der Waals surface area contributed by atoms with Gasteiger partial charge in [-0.1, -0.05) is 35.4 Å². The van der Waals surface area contributed by atoms with E-state index in [2.05, 4.69) is 18.3 Å². The molecule has 0 bridgehead atoms. The van der Waals surface area contributed by atoms with E-state index in [4.69, 9.17) is 16.3 Å². The number of nitrogens with one attached hydrogen (secondary N) is 1.